The van der Waals surface area contributed by atoms with E-state index in [1.165, 1.54) is 6.07 Å². The average Bonchev–Trinajstić information content (AvgIpc) is 2.95. The van der Waals surface area contributed by atoms with E-state index in [9.17, 15) is 4.79 Å². The molecule has 21 heavy (non-hydrogen) atoms. The van der Waals surface area contributed by atoms with Crippen molar-refractivity contribution in [3.8, 4) is 11.5 Å². The summed E-state index contributed by atoms with van der Waals surface area (Å²) in [4.78, 5) is 13.8. The van der Waals surface area contributed by atoms with Crippen LogP contribution >= 0.6 is 11.6 Å². The van der Waals surface area contributed by atoms with E-state index in [0.29, 0.717) is 12.3 Å². The van der Waals surface area contributed by atoms with Gasteiger partial charge in [-0.05, 0) is 29.8 Å². The number of carbonyl (C=O) groups is 1. The van der Waals surface area contributed by atoms with Crippen LogP contribution in [0.25, 0.3) is 0 Å². The van der Waals surface area contributed by atoms with Gasteiger partial charge in [0.05, 0.1) is 0 Å². The SMILES string of the molecule is CN(Cc1ccc2c(c1)OCO2)C(=O)c1ccc(Cl)nn1. The molecule has 1 aromatic heterocycles. The molecule has 0 atom stereocenters. The smallest absolute Gasteiger partial charge is 0.274 e. The quantitative estimate of drug-likeness (QED) is 0.869. The zero-order chi connectivity index (χ0) is 14.8. The molecule has 7 heteroatoms. The lowest BCUT2D eigenvalue weighted by Crippen LogP contribution is -2.27. The van der Waals surface area contributed by atoms with Crippen molar-refractivity contribution in [2.75, 3.05) is 13.8 Å². The molecule has 2 heterocycles. The second-order valence-corrected chi connectivity index (χ2v) is 4.98. The maximum absolute atomic E-state index is 12.2. The van der Waals surface area contributed by atoms with Crippen LogP contribution in [0.15, 0.2) is 30.3 Å². The van der Waals surface area contributed by atoms with E-state index in [1.54, 1.807) is 18.0 Å². The molecule has 1 aliphatic rings. The first-order valence-electron chi connectivity index (χ1n) is 6.27. The van der Waals surface area contributed by atoms with Crippen LogP contribution < -0.4 is 9.47 Å². The van der Waals surface area contributed by atoms with Gasteiger partial charge in [-0.3, -0.25) is 4.79 Å². The predicted molar refractivity (Wildman–Crippen MR) is 75.4 cm³/mol. The minimum atomic E-state index is -0.225. The molecule has 3 rings (SSSR count). The Morgan fingerprint density at radius 2 is 2.05 bits per heavy atom. The van der Waals surface area contributed by atoms with E-state index >= 15 is 0 Å². The number of ether oxygens (including phenoxy) is 2. The lowest BCUT2D eigenvalue weighted by Gasteiger charge is -2.16. The number of hydrogen-bond acceptors (Lipinski definition) is 5. The van der Waals surface area contributed by atoms with Crippen molar-refractivity contribution in [2.24, 2.45) is 0 Å². The lowest BCUT2D eigenvalue weighted by molar-refractivity contribution is 0.0778. The van der Waals surface area contributed by atoms with Crippen molar-refractivity contribution in [3.63, 3.8) is 0 Å². The highest BCUT2D eigenvalue weighted by Gasteiger charge is 2.17. The van der Waals surface area contributed by atoms with Gasteiger partial charge in [-0.15, -0.1) is 10.2 Å². The Labute approximate surface area is 126 Å². The Hall–Kier alpha value is -2.34. The number of fused-ring (bicyclic) bond motifs is 1. The molecular formula is C14H12ClN3O3. The van der Waals surface area contributed by atoms with Gasteiger partial charge in [-0.1, -0.05) is 17.7 Å². The van der Waals surface area contributed by atoms with Crippen LogP contribution in [-0.2, 0) is 6.54 Å². The summed E-state index contributed by atoms with van der Waals surface area (Å²) in [5.41, 5.74) is 1.19. The Morgan fingerprint density at radius 1 is 1.24 bits per heavy atom. The molecule has 0 N–H and O–H groups in total. The maximum atomic E-state index is 12.2. The standard InChI is InChI=1S/C14H12ClN3O3/c1-18(14(19)10-3-5-13(15)17-16-10)7-9-2-4-11-12(6-9)21-8-20-11/h2-6H,7-8H2,1H3. The summed E-state index contributed by atoms with van der Waals surface area (Å²) in [6, 6.07) is 8.67. The van der Waals surface area contributed by atoms with Crippen molar-refractivity contribution in [2.45, 2.75) is 6.54 Å². The summed E-state index contributed by atoms with van der Waals surface area (Å²) in [7, 11) is 1.70. The maximum Gasteiger partial charge on any atom is 0.274 e. The Balaban J connectivity index is 1.72. The fraction of sp³-hybridized carbons (Fsp3) is 0.214. The van der Waals surface area contributed by atoms with Gasteiger partial charge in [-0.2, -0.15) is 0 Å². The molecule has 0 fully saturated rings. The van der Waals surface area contributed by atoms with Crippen LogP contribution in [0.5, 0.6) is 11.5 Å². The van der Waals surface area contributed by atoms with Gasteiger partial charge in [0.2, 0.25) is 6.79 Å². The van der Waals surface area contributed by atoms with Crippen LogP contribution in [0.4, 0.5) is 0 Å². The second-order valence-electron chi connectivity index (χ2n) is 4.59. The Morgan fingerprint density at radius 3 is 2.81 bits per heavy atom. The molecule has 2 aromatic rings. The fourth-order valence-corrected chi connectivity index (χ4v) is 2.11. The Bertz CT molecular complexity index is 676. The van der Waals surface area contributed by atoms with Gasteiger partial charge in [0.15, 0.2) is 22.3 Å². The monoisotopic (exact) mass is 305 g/mol. The minimum Gasteiger partial charge on any atom is -0.454 e. The molecule has 0 saturated carbocycles. The van der Waals surface area contributed by atoms with Gasteiger partial charge >= 0.3 is 0 Å². The third kappa shape index (κ3) is 2.90. The summed E-state index contributed by atoms with van der Waals surface area (Å²) >= 11 is 5.66. The van der Waals surface area contributed by atoms with Crippen molar-refractivity contribution in [1.29, 1.82) is 0 Å². The largest absolute Gasteiger partial charge is 0.454 e. The fourth-order valence-electron chi connectivity index (χ4n) is 2.01. The zero-order valence-electron chi connectivity index (χ0n) is 11.2. The number of nitrogens with zero attached hydrogens (tertiary/aromatic N) is 3. The number of carbonyl (C=O) groups excluding carboxylic acids is 1. The Kier molecular flexibility index (Phi) is 3.62. The zero-order valence-corrected chi connectivity index (χ0v) is 12.0. The van der Waals surface area contributed by atoms with Crippen LogP contribution in [0, 0.1) is 0 Å². The average molecular weight is 306 g/mol. The van der Waals surface area contributed by atoms with Crippen LogP contribution in [0.1, 0.15) is 16.1 Å². The second kappa shape index (κ2) is 5.57. The van der Waals surface area contributed by atoms with Gasteiger partial charge in [0.25, 0.3) is 5.91 Å². The van der Waals surface area contributed by atoms with Crippen molar-refractivity contribution in [1.82, 2.24) is 15.1 Å². The third-order valence-corrected chi connectivity index (χ3v) is 3.26. The number of halogens is 1. The highest BCUT2D eigenvalue weighted by molar-refractivity contribution is 6.29. The predicted octanol–water partition coefficient (Wildman–Crippen LogP) is 2.13. The van der Waals surface area contributed by atoms with Gasteiger partial charge in [0, 0.05) is 13.6 Å². The molecule has 1 amide bonds. The number of rotatable bonds is 3. The molecule has 0 saturated heterocycles. The minimum absolute atomic E-state index is 0.225. The van der Waals surface area contributed by atoms with Gasteiger partial charge < -0.3 is 14.4 Å². The molecule has 6 nitrogen and oxygen atoms in total. The molecule has 0 aliphatic carbocycles. The molecule has 0 unspecified atom stereocenters. The number of benzene rings is 1. The number of amides is 1. The summed E-state index contributed by atoms with van der Waals surface area (Å²) < 4.78 is 10.6. The first-order chi connectivity index (χ1) is 10.1. The molecule has 1 aromatic carbocycles. The van der Waals surface area contributed by atoms with Crippen LogP contribution in [-0.4, -0.2) is 34.8 Å². The van der Waals surface area contributed by atoms with E-state index in [1.807, 2.05) is 18.2 Å². The normalized spacial score (nSPS) is 12.3. The summed E-state index contributed by atoms with van der Waals surface area (Å²) in [6.07, 6.45) is 0. The first-order valence-corrected chi connectivity index (χ1v) is 6.64. The van der Waals surface area contributed by atoms with Crippen molar-refractivity contribution < 1.29 is 14.3 Å². The topological polar surface area (TPSA) is 64.6 Å². The molecule has 0 radical (unpaired) electrons. The highest BCUT2D eigenvalue weighted by atomic mass is 35.5. The van der Waals surface area contributed by atoms with Gasteiger partial charge in [-0.25, -0.2) is 0 Å². The van der Waals surface area contributed by atoms with Crippen LogP contribution in [0.2, 0.25) is 5.15 Å². The molecule has 108 valence electrons. The van der Waals surface area contributed by atoms with E-state index in [4.69, 9.17) is 21.1 Å². The molecular weight excluding hydrogens is 294 g/mol. The number of aromatic nitrogens is 2. The number of hydrogen-bond donors (Lipinski definition) is 0. The van der Waals surface area contributed by atoms with E-state index in [-0.39, 0.29) is 23.5 Å². The van der Waals surface area contributed by atoms with E-state index in [2.05, 4.69) is 10.2 Å². The molecule has 1 aliphatic heterocycles. The van der Waals surface area contributed by atoms with Gasteiger partial charge in [0.1, 0.15) is 0 Å². The summed E-state index contributed by atoms with van der Waals surface area (Å²) in [5, 5.41) is 7.70. The van der Waals surface area contributed by atoms with Crippen LogP contribution in [0.3, 0.4) is 0 Å². The molecule has 0 spiro atoms. The van der Waals surface area contributed by atoms with Crippen molar-refractivity contribution in [3.05, 3.63) is 46.7 Å². The lowest BCUT2D eigenvalue weighted by atomic mass is 10.2. The third-order valence-electron chi connectivity index (χ3n) is 3.05. The van der Waals surface area contributed by atoms with E-state index < -0.39 is 0 Å². The summed E-state index contributed by atoms with van der Waals surface area (Å²) in [5.74, 6) is 1.19. The molecule has 0 bridgehead atoms. The highest BCUT2D eigenvalue weighted by Crippen LogP contribution is 2.32. The van der Waals surface area contributed by atoms with Crippen molar-refractivity contribution >= 4 is 17.5 Å². The summed E-state index contributed by atoms with van der Waals surface area (Å²) in [6.45, 7) is 0.660. The van der Waals surface area contributed by atoms with E-state index in [0.717, 1.165) is 11.3 Å². The first kappa shape index (κ1) is 13.6.